The third-order valence-corrected chi connectivity index (χ3v) is 5.63. The van der Waals surface area contributed by atoms with Crippen molar-refractivity contribution in [3.05, 3.63) is 88.1 Å². The van der Waals surface area contributed by atoms with E-state index in [0.717, 1.165) is 0 Å². The van der Waals surface area contributed by atoms with Crippen LogP contribution in [0.4, 0.5) is 10.2 Å². The fourth-order valence-electron chi connectivity index (χ4n) is 4.09. The largest absolute Gasteiger partial charge is 0.383 e. The number of pyridine rings is 2. The van der Waals surface area contributed by atoms with Gasteiger partial charge in [-0.1, -0.05) is 17.7 Å². The Hall–Kier alpha value is -3.52. The molecule has 2 atom stereocenters. The van der Waals surface area contributed by atoms with Crippen molar-refractivity contribution in [3.63, 3.8) is 0 Å². The molecule has 1 aliphatic carbocycles. The van der Waals surface area contributed by atoms with Gasteiger partial charge in [-0.05, 0) is 54.3 Å². The van der Waals surface area contributed by atoms with E-state index in [1.165, 1.54) is 29.4 Å². The molecule has 2 aromatic heterocycles. The number of rotatable bonds is 5. The topological polar surface area (TPSA) is 115 Å². The summed E-state index contributed by atoms with van der Waals surface area (Å²) in [6.45, 7) is 0. The number of nitrogens with zero attached hydrogens (tertiary/aromatic N) is 3. The van der Waals surface area contributed by atoms with Crippen LogP contribution in [0.15, 0.2) is 55.0 Å². The number of hydrogen-bond acceptors (Lipinski definition) is 5. The molecule has 4 N–H and O–H groups in total. The summed E-state index contributed by atoms with van der Waals surface area (Å²) in [5.41, 5.74) is 13.3. The maximum Gasteiger partial charge on any atom is 0.259 e. The molecule has 3 aromatic rings. The minimum atomic E-state index is -1.15. The van der Waals surface area contributed by atoms with Crippen molar-refractivity contribution in [2.45, 2.75) is 24.9 Å². The zero-order valence-electron chi connectivity index (χ0n) is 16.3. The molecule has 7 nitrogen and oxygen atoms in total. The molecule has 2 heterocycles. The van der Waals surface area contributed by atoms with Gasteiger partial charge in [0.2, 0.25) is 5.91 Å². The summed E-state index contributed by atoms with van der Waals surface area (Å²) in [5.74, 6) is -1.73. The van der Waals surface area contributed by atoms with E-state index in [1.54, 1.807) is 30.5 Å². The Morgan fingerprint density at radius 2 is 2.00 bits per heavy atom. The highest BCUT2D eigenvalue weighted by Gasteiger charge is 2.41. The van der Waals surface area contributed by atoms with Crippen molar-refractivity contribution in [3.8, 4) is 0 Å². The van der Waals surface area contributed by atoms with Crippen LogP contribution in [0.5, 0.6) is 0 Å². The van der Waals surface area contributed by atoms with Crippen molar-refractivity contribution in [2.75, 3.05) is 5.73 Å². The van der Waals surface area contributed by atoms with Crippen molar-refractivity contribution >= 4 is 29.2 Å². The Labute approximate surface area is 182 Å². The predicted molar refractivity (Wildman–Crippen MR) is 113 cm³/mol. The van der Waals surface area contributed by atoms with Crippen molar-refractivity contribution in [1.29, 1.82) is 0 Å². The van der Waals surface area contributed by atoms with Gasteiger partial charge in [0.15, 0.2) is 0 Å². The van der Waals surface area contributed by atoms with E-state index in [-0.39, 0.29) is 16.4 Å². The van der Waals surface area contributed by atoms with Gasteiger partial charge < -0.3 is 16.4 Å². The van der Waals surface area contributed by atoms with E-state index in [9.17, 15) is 14.0 Å². The number of nitrogens with two attached hydrogens (primary N) is 2. The van der Waals surface area contributed by atoms with Gasteiger partial charge in [0.05, 0.1) is 11.6 Å². The Morgan fingerprint density at radius 1 is 1.23 bits per heavy atom. The summed E-state index contributed by atoms with van der Waals surface area (Å²) in [5, 5.41) is 0.202. The second kappa shape index (κ2) is 8.31. The van der Waals surface area contributed by atoms with Crippen LogP contribution in [0, 0.1) is 5.82 Å². The molecule has 2 amide bonds. The molecule has 1 aromatic carbocycles. The molecule has 31 heavy (non-hydrogen) atoms. The van der Waals surface area contributed by atoms with Gasteiger partial charge in [0, 0.05) is 29.2 Å². The van der Waals surface area contributed by atoms with E-state index in [1.807, 2.05) is 0 Å². The molecule has 0 radical (unpaired) electrons. The first-order chi connectivity index (χ1) is 14.9. The maximum absolute atomic E-state index is 14.5. The lowest BCUT2D eigenvalue weighted by Gasteiger charge is -2.35. The number of hydrogen-bond donors (Lipinski definition) is 2. The summed E-state index contributed by atoms with van der Waals surface area (Å²) in [4.78, 5) is 35.7. The van der Waals surface area contributed by atoms with E-state index in [2.05, 4.69) is 9.97 Å². The zero-order chi connectivity index (χ0) is 22.1. The van der Waals surface area contributed by atoms with Crippen LogP contribution < -0.4 is 11.5 Å². The quantitative estimate of drug-likeness (QED) is 0.633. The average Bonchev–Trinajstić information content (AvgIpc) is 3.16. The lowest BCUT2D eigenvalue weighted by molar-refractivity contribution is -0.123. The molecule has 0 spiro atoms. The number of primary amides is 1. The molecule has 0 bridgehead atoms. The zero-order valence-corrected chi connectivity index (χ0v) is 17.1. The van der Waals surface area contributed by atoms with Crippen LogP contribution >= 0.6 is 11.6 Å². The fraction of sp³-hybridized carbons (Fsp3) is 0.182. The van der Waals surface area contributed by atoms with Crippen LogP contribution in [-0.2, 0) is 11.2 Å². The lowest BCUT2D eigenvalue weighted by atomic mass is 9.99. The minimum Gasteiger partial charge on any atom is -0.383 e. The van der Waals surface area contributed by atoms with Gasteiger partial charge in [0.1, 0.15) is 17.7 Å². The second-order valence-corrected chi connectivity index (χ2v) is 7.69. The average molecular weight is 440 g/mol. The summed E-state index contributed by atoms with van der Waals surface area (Å²) in [6.07, 6.45) is 5.25. The van der Waals surface area contributed by atoms with Gasteiger partial charge in [-0.3, -0.25) is 14.6 Å². The number of nitrogen functional groups attached to an aromatic ring is 1. The standard InChI is InChI=1S/C22H19ClFN5O2/c23-13-9-16-14(17(24)10-13)5-6-18(16)29(22(31)15-4-2-8-28-20(15)25)19(21(26)30)12-3-1-7-27-11-12/h1-4,7-11,18-19H,5-6H2,(H2,25,28)(H2,26,30)/t18-,19-/m1/s1. The summed E-state index contributed by atoms with van der Waals surface area (Å²) in [6, 6.07) is 7.45. The second-order valence-electron chi connectivity index (χ2n) is 7.25. The Morgan fingerprint density at radius 3 is 2.68 bits per heavy atom. The lowest BCUT2D eigenvalue weighted by Crippen LogP contribution is -2.43. The number of halogens is 2. The van der Waals surface area contributed by atoms with E-state index >= 15 is 0 Å². The molecule has 0 aliphatic heterocycles. The third-order valence-electron chi connectivity index (χ3n) is 5.41. The van der Waals surface area contributed by atoms with E-state index in [4.69, 9.17) is 23.1 Å². The molecule has 158 valence electrons. The molecule has 0 saturated carbocycles. The predicted octanol–water partition coefficient (Wildman–Crippen LogP) is 3.21. The summed E-state index contributed by atoms with van der Waals surface area (Å²) < 4.78 is 14.5. The molecule has 4 rings (SSSR count). The van der Waals surface area contributed by atoms with Gasteiger partial charge in [-0.2, -0.15) is 0 Å². The Bertz CT molecular complexity index is 1160. The normalized spacial score (nSPS) is 15.9. The molecule has 0 saturated heterocycles. The molecule has 0 fully saturated rings. The highest BCUT2D eigenvalue weighted by molar-refractivity contribution is 6.30. The molecular weight excluding hydrogens is 421 g/mol. The Kier molecular flexibility index (Phi) is 5.56. The number of carbonyl (C=O) groups is 2. The number of carbonyl (C=O) groups excluding carboxylic acids is 2. The molecule has 0 unspecified atom stereocenters. The van der Waals surface area contributed by atoms with Gasteiger partial charge in [0.25, 0.3) is 5.91 Å². The van der Waals surface area contributed by atoms with Crippen LogP contribution in [0.2, 0.25) is 5.02 Å². The van der Waals surface area contributed by atoms with E-state index in [0.29, 0.717) is 29.5 Å². The van der Waals surface area contributed by atoms with Crippen molar-refractivity contribution in [1.82, 2.24) is 14.9 Å². The van der Waals surface area contributed by atoms with Crippen molar-refractivity contribution < 1.29 is 14.0 Å². The maximum atomic E-state index is 14.5. The first-order valence-corrected chi connectivity index (χ1v) is 9.96. The van der Waals surface area contributed by atoms with Gasteiger partial charge in [-0.25, -0.2) is 9.37 Å². The number of aromatic nitrogens is 2. The first-order valence-electron chi connectivity index (χ1n) is 9.58. The summed E-state index contributed by atoms with van der Waals surface area (Å²) in [7, 11) is 0. The van der Waals surface area contributed by atoms with Gasteiger partial charge >= 0.3 is 0 Å². The van der Waals surface area contributed by atoms with Crippen LogP contribution in [0.25, 0.3) is 0 Å². The smallest absolute Gasteiger partial charge is 0.259 e. The SMILES string of the molecule is NC(=O)[C@@H](c1cccnc1)N(C(=O)c1cccnc1N)[C@@H]1CCc2c(F)cc(Cl)cc21. The number of amides is 2. The van der Waals surface area contributed by atoms with Gasteiger partial charge in [-0.15, -0.1) is 0 Å². The number of anilines is 1. The minimum absolute atomic E-state index is 0.0161. The van der Waals surface area contributed by atoms with E-state index < -0.39 is 29.7 Å². The van der Waals surface area contributed by atoms with Crippen LogP contribution in [0.3, 0.4) is 0 Å². The first kappa shape index (κ1) is 20.7. The monoisotopic (exact) mass is 439 g/mol. The van der Waals surface area contributed by atoms with Crippen molar-refractivity contribution in [2.24, 2.45) is 5.73 Å². The van der Waals surface area contributed by atoms with Crippen LogP contribution in [0.1, 0.15) is 45.6 Å². The number of benzene rings is 1. The third kappa shape index (κ3) is 3.82. The number of fused-ring (bicyclic) bond motifs is 1. The summed E-state index contributed by atoms with van der Waals surface area (Å²) >= 11 is 6.10. The highest BCUT2D eigenvalue weighted by atomic mass is 35.5. The fourth-order valence-corrected chi connectivity index (χ4v) is 4.30. The highest BCUT2D eigenvalue weighted by Crippen LogP contribution is 2.43. The molecule has 1 aliphatic rings. The van der Waals surface area contributed by atoms with Crippen LogP contribution in [-0.4, -0.2) is 26.7 Å². The molecular formula is C22H19ClFN5O2. The molecule has 9 heteroatoms. The Balaban J connectivity index is 1.90.